The van der Waals surface area contributed by atoms with Crippen LogP contribution < -0.4 is 10.9 Å². The van der Waals surface area contributed by atoms with E-state index < -0.39 is 0 Å². The number of carbonyl (C=O) groups is 1. The number of carbonyl (C=O) groups excluding carboxylic acids is 1. The maximum absolute atomic E-state index is 13.0. The number of hydrogen-bond donors (Lipinski definition) is 1. The number of hydrogen-bond acceptors (Lipinski definition) is 4. The van der Waals surface area contributed by atoms with E-state index in [1.807, 2.05) is 26.0 Å². The van der Waals surface area contributed by atoms with Crippen molar-refractivity contribution in [3.63, 3.8) is 0 Å². The molecule has 4 rings (SSSR count). The second kappa shape index (κ2) is 6.93. The molecule has 3 aromatic rings. The van der Waals surface area contributed by atoms with Crippen LogP contribution in [-0.4, -0.2) is 15.5 Å². The molecule has 5 nitrogen and oxygen atoms in total. The van der Waals surface area contributed by atoms with Gasteiger partial charge in [-0.05, 0) is 67.9 Å². The van der Waals surface area contributed by atoms with Gasteiger partial charge < -0.3 is 5.32 Å². The minimum absolute atomic E-state index is 0.0320. The highest BCUT2D eigenvalue weighted by atomic mass is 32.1. The van der Waals surface area contributed by atoms with Crippen molar-refractivity contribution in [2.75, 3.05) is 5.32 Å². The second-order valence-corrected chi connectivity index (χ2v) is 8.72. The Kier molecular flexibility index (Phi) is 4.60. The number of anilines is 1. The first-order chi connectivity index (χ1) is 12.9. The summed E-state index contributed by atoms with van der Waals surface area (Å²) in [5, 5.41) is 3.60. The lowest BCUT2D eigenvalue weighted by atomic mass is 9.89. The van der Waals surface area contributed by atoms with E-state index >= 15 is 0 Å². The van der Waals surface area contributed by atoms with Gasteiger partial charge in [0.15, 0.2) is 0 Å². The fourth-order valence-electron chi connectivity index (χ4n) is 3.88. The van der Waals surface area contributed by atoms with Crippen molar-refractivity contribution in [1.82, 2.24) is 9.55 Å². The van der Waals surface area contributed by atoms with Gasteiger partial charge in [-0.2, -0.15) is 0 Å². The molecule has 1 aliphatic rings. The smallest absolute Gasteiger partial charge is 0.262 e. The predicted molar refractivity (Wildman–Crippen MR) is 110 cm³/mol. The van der Waals surface area contributed by atoms with Crippen LogP contribution in [0.4, 0.5) is 5.69 Å². The third kappa shape index (κ3) is 3.54. The molecule has 0 aliphatic heterocycles. The first-order valence-corrected chi connectivity index (χ1v) is 10.1. The number of thiophene rings is 1. The minimum Gasteiger partial charge on any atom is -0.325 e. The molecule has 1 atom stereocenters. The SMILES string of the molecule is Cc1cc(C)cc(NC(=O)Cn2cnc3sc4c(c3c2=O)CC[C@H](C)C4)c1. The molecule has 0 fully saturated rings. The molecule has 1 aromatic carbocycles. The molecule has 0 bridgehead atoms. The molecule has 0 spiro atoms. The lowest BCUT2D eigenvalue weighted by Crippen LogP contribution is -2.28. The first kappa shape index (κ1) is 17.9. The van der Waals surface area contributed by atoms with Crippen LogP contribution in [0.3, 0.4) is 0 Å². The molecule has 2 heterocycles. The summed E-state index contributed by atoms with van der Waals surface area (Å²) in [5.41, 5.74) is 3.97. The van der Waals surface area contributed by atoms with Gasteiger partial charge in [0.1, 0.15) is 11.4 Å². The molecule has 0 unspecified atom stereocenters. The molecule has 1 aliphatic carbocycles. The van der Waals surface area contributed by atoms with Crippen molar-refractivity contribution >= 4 is 33.1 Å². The van der Waals surface area contributed by atoms with Gasteiger partial charge in [-0.3, -0.25) is 14.2 Å². The third-order valence-corrected chi connectivity index (χ3v) is 6.26. The van der Waals surface area contributed by atoms with Crippen LogP contribution in [0.1, 0.15) is 34.9 Å². The molecular formula is C21H23N3O2S. The highest BCUT2D eigenvalue weighted by molar-refractivity contribution is 7.18. The van der Waals surface area contributed by atoms with Gasteiger partial charge in [0.2, 0.25) is 5.91 Å². The molecule has 0 radical (unpaired) electrons. The standard InChI is InChI=1S/C21H23N3O2S/c1-12-4-5-16-17(9-12)27-20-19(16)21(26)24(11-22-20)10-18(25)23-15-7-13(2)6-14(3)8-15/h6-8,11-12H,4-5,9-10H2,1-3H3,(H,23,25)/t12-/m0/s1. The fraction of sp³-hybridized carbons (Fsp3) is 0.381. The predicted octanol–water partition coefficient (Wildman–Crippen LogP) is 3.84. The maximum Gasteiger partial charge on any atom is 0.262 e. The van der Waals surface area contributed by atoms with E-state index in [1.54, 1.807) is 11.3 Å². The van der Waals surface area contributed by atoms with E-state index in [0.717, 1.165) is 46.5 Å². The Labute approximate surface area is 162 Å². The van der Waals surface area contributed by atoms with Crippen LogP contribution in [0.15, 0.2) is 29.3 Å². The zero-order valence-corrected chi connectivity index (χ0v) is 16.7. The molecule has 1 amide bonds. The van der Waals surface area contributed by atoms with Gasteiger partial charge in [0, 0.05) is 10.6 Å². The molecule has 0 saturated carbocycles. The quantitative estimate of drug-likeness (QED) is 0.750. The normalized spacial score (nSPS) is 16.3. The Bertz CT molecular complexity index is 1080. The lowest BCUT2D eigenvalue weighted by molar-refractivity contribution is -0.116. The zero-order chi connectivity index (χ0) is 19.1. The molecule has 6 heteroatoms. The number of aromatic nitrogens is 2. The van der Waals surface area contributed by atoms with Gasteiger partial charge in [0.05, 0.1) is 11.7 Å². The number of aryl methyl sites for hydroxylation is 3. The summed E-state index contributed by atoms with van der Waals surface area (Å²) in [4.78, 5) is 32.0. The highest BCUT2D eigenvalue weighted by Gasteiger charge is 2.23. The number of rotatable bonds is 3. The highest BCUT2D eigenvalue weighted by Crippen LogP contribution is 2.35. The molecule has 0 saturated heterocycles. The Morgan fingerprint density at radius 1 is 1.30 bits per heavy atom. The Morgan fingerprint density at radius 3 is 2.78 bits per heavy atom. The van der Waals surface area contributed by atoms with E-state index in [-0.39, 0.29) is 18.0 Å². The van der Waals surface area contributed by atoms with E-state index in [9.17, 15) is 9.59 Å². The second-order valence-electron chi connectivity index (χ2n) is 7.63. The molecule has 140 valence electrons. The Hall–Kier alpha value is -2.47. The van der Waals surface area contributed by atoms with Gasteiger partial charge in [-0.15, -0.1) is 11.3 Å². The van der Waals surface area contributed by atoms with Crippen molar-refractivity contribution in [3.8, 4) is 0 Å². The zero-order valence-electron chi connectivity index (χ0n) is 15.8. The van der Waals surface area contributed by atoms with Crippen LogP contribution in [-0.2, 0) is 24.2 Å². The van der Waals surface area contributed by atoms with Gasteiger partial charge in [-0.25, -0.2) is 4.98 Å². The van der Waals surface area contributed by atoms with Crippen LogP contribution in [0.5, 0.6) is 0 Å². The van der Waals surface area contributed by atoms with Crippen molar-refractivity contribution in [2.24, 2.45) is 5.92 Å². The summed E-state index contributed by atoms with van der Waals surface area (Å²) in [7, 11) is 0. The average Bonchev–Trinajstić information content (AvgIpc) is 2.94. The van der Waals surface area contributed by atoms with Crippen molar-refractivity contribution in [3.05, 3.63) is 56.4 Å². The summed E-state index contributed by atoms with van der Waals surface area (Å²) in [6, 6.07) is 5.90. The molecule has 1 N–H and O–H groups in total. The van der Waals surface area contributed by atoms with E-state index in [4.69, 9.17) is 0 Å². The van der Waals surface area contributed by atoms with Crippen molar-refractivity contribution in [1.29, 1.82) is 0 Å². The maximum atomic E-state index is 13.0. The number of nitrogens with zero attached hydrogens (tertiary/aromatic N) is 2. The average molecular weight is 382 g/mol. The summed E-state index contributed by atoms with van der Waals surface area (Å²) < 4.78 is 1.42. The topological polar surface area (TPSA) is 64.0 Å². The number of amides is 1. The Balaban J connectivity index is 1.61. The summed E-state index contributed by atoms with van der Waals surface area (Å²) in [5.74, 6) is 0.428. The minimum atomic E-state index is -0.221. The Morgan fingerprint density at radius 2 is 2.04 bits per heavy atom. The summed E-state index contributed by atoms with van der Waals surface area (Å²) >= 11 is 1.63. The largest absolute Gasteiger partial charge is 0.325 e. The van der Waals surface area contributed by atoms with Gasteiger partial charge in [0.25, 0.3) is 5.56 Å². The first-order valence-electron chi connectivity index (χ1n) is 9.28. The number of fused-ring (bicyclic) bond motifs is 3. The van der Waals surface area contributed by atoms with E-state index in [0.29, 0.717) is 11.3 Å². The van der Waals surface area contributed by atoms with Crippen LogP contribution in [0.25, 0.3) is 10.2 Å². The molecular weight excluding hydrogens is 358 g/mol. The van der Waals surface area contributed by atoms with Crippen LogP contribution in [0.2, 0.25) is 0 Å². The van der Waals surface area contributed by atoms with Crippen molar-refractivity contribution in [2.45, 2.75) is 46.6 Å². The summed E-state index contributed by atoms with van der Waals surface area (Å²) in [6.45, 7) is 6.20. The summed E-state index contributed by atoms with van der Waals surface area (Å²) in [6.07, 6.45) is 4.53. The lowest BCUT2D eigenvalue weighted by Gasteiger charge is -2.17. The number of benzene rings is 1. The molecule has 27 heavy (non-hydrogen) atoms. The monoisotopic (exact) mass is 381 g/mol. The van der Waals surface area contributed by atoms with E-state index in [2.05, 4.69) is 23.3 Å². The number of nitrogens with one attached hydrogen (secondary N) is 1. The third-order valence-electron chi connectivity index (χ3n) is 5.10. The fourth-order valence-corrected chi connectivity index (χ4v) is 5.22. The van der Waals surface area contributed by atoms with E-state index in [1.165, 1.54) is 15.8 Å². The molecule has 2 aromatic heterocycles. The van der Waals surface area contributed by atoms with Crippen LogP contribution >= 0.6 is 11.3 Å². The van der Waals surface area contributed by atoms with Crippen molar-refractivity contribution < 1.29 is 4.79 Å². The van der Waals surface area contributed by atoms with Gasteiger partial charge in [-0.1, -0.05) is 13.0 Å². The van der Waals surface area contributed by atoms with Crippen LogP contribution in [0, 0.1) is 19.8 Å². The van der Waals surface area contributed by atoms with Gasteiger partial charge >= 0.3 is 0 Å².